The van der Waals surface area contributed by atoms with Crippen molar-refractivity contribution in [2.75, 3.05) is 5.32 Å². The van der Waals surface area contributed by atoms with E-state index >= 15 is 0 Å². The molecule has 0 aliphatic carbocycles. The van der Waals surface area contributed by atoms with Gasteiger partial charge in [0.2, 0.25) is 0 Å². The Hall–Kier alpha value is -2.43. The number of halogens is 1. The van der Waals surface area contributed by atoms with E-state index < -0.39 is 4.92 Å². The number of hydrogen-bond acceptors (Lipinski definition) is 3. The second kappa shape index (κ2) is 5.69. The van der Waals surface area contributed by atoms with Crippen LogP contribution < -0.4 is 5.32 Å². The van der Waals surface area contributed by atoms with Gasteiger partial charge in [-0.15, -0.1) is 0 Å². The third kappa shape index (κ3) is 3.12. The van der Waals surface area contributed by atoms with Crippen molar-refractivity contribution in [1.82, 2.24) is 0 Å². The first kappa shape index (κ1) is 14.0. The second-order valence-corrected chi connectivity index (χ2v) is 4.70. The van der Waals surface area contributed by atoms with Gasteiger partial charge in [0.05, 0.1) is 4.92 Å². The Kier molecular flexibility index (Phi) is 3.98. The average molecular weight is 274 g/mol. The Morgan fingerprint density at radius 1 is 1.15 bits per heavy atom. The smallest absolute Gasteiger partial charge is 0.272 e. The molecule has 104 valence electrons. The number of nitro benzene ring substituents is 1. The van der Waals surface area contributed by atoms with Gasteiger partial charge in [-0.25, -0.2) is 4.39 Å². The van der Waals surface area contributed by atoms with Crippen LogP contribution in [0.2, 0.25) is 0 Å². The number of nitrogens with zero attached hydrogens (tertiary/aromatic N) is 1. The van der Waals surface area contributed by atoms with Crippen LogP contribution in [-0.4, -0.2) is 4.92 Å². The summed E-state index contributed by atoms with van der Waals surface area (Å²) < 4.78 is 13.4. The highest BCUT2D eigenvalue weighted by molar-refractivity contribution is 5.47. The Labute approximate surface area is 116 Å². The molecular formula is C15H15FN2O2. The van der Waals surface area contributed by atoms with E-state index in [1.807, 2.05) is 6.07 Å². The Morgan fingerprint density at radius 2 is 1.85 bits per heavy atom. The monoisotopic (exact) mass is 274 g/mol. The lowest BCUT2D eigenvalue weighted by atomic mass is 10.1. The van der Waals surface area contributed by atoms with Crippen molar-refractivity contribution < 1.29 is 9.31 Å². The molecule has 20 heavy (non-hydrogen) atoms. The molecule has 1 N–H and O–H groups in total. The lowest BCUT2D eigenvalue weighted by Crippen LogP contribution is -2.01. The quantitative estimate of drug-likeness (QED) is 0.678. The second-order valence-electron chi connectivity index (χ2n) is 4.70. The van der Waals surface area contributed by atoms with Crippen molar-refractivity contribution in [1.29, 1.82) is 0 Å². The molecule has 2 rings (SSSR count). The maximum atomic E-state index is 13.4. The summed E-state index contributed by atoms with van der Waals surface area (Å²) >= 11 is 0. The number of rotatable bonds is 4. The lowest BCUT2D eigenvalue weighted by molar-refractivity contribution is -0.385. The fourth-order valence-corrected chi connectivity index (χ4v) is 1.87. The molecule has 0 amide bonds. The van der Waals surface area contributed by atoms with Crippen molar-refractivity contribution in [2.45, 2.75) is 20.4 Å². The standard InChI is InChI=1S/C15H15FN2O2/c1-10-4-6-13(8-14(10)16)17-9-12-5-3-11(2)15(7-12)18(19)20/h3-8,17H,9H2,1-2H3. The predicted molar refractivity (Wildman–Crippen MR) is 76.3 cm³/mol. The van der Waals surface area contributed by atoms with Crippen LogP contribution in [0.5, 0.6) is 0 Å². The van der Waals surface area contributed by atoms with Crippen LogP contribution in [0, 0.1) is 29.8 Å². The maximum Gasteiger partial charge on any atom is 0.272 e. The number of benzene rings is 2. The van der Waals surface area contributed by atoms with Gasteiger partial charge in [-0.1, -0.05) is 18.2 Å². The zero-order chi connectivity index (χ0) is 14.7. The Bertz CT molecular complexity index is 656. The summed E-state index contributed by atoms with van der Waals surface area (Å²) in [6.45, 7) is 3.80. The summed E-state index contributed by atoms with van der Waals surface area (Å²) in [5.41, 5.74) is 2.74. The molecule has 5 heteroatoms. The van der Waals surface area contributed by atoms with Gasteiger partial charge >= 0.3 is 0 Å². The molecule has 0 aliphatic heterocycles. The zero-order valence-electron chi connectivity index (χ0n) is 11.3. The van der Waals surface area contributed by atoms with Crippen LogP contribution in [0.3, 0.4) is 0 Å². The first-order chi connectivity index (χ1) is 9.47. The van der Waals surface area contributed by atoms with Crippen molar-refractivity contribution in [3.63, 3.8) is 0 Å². The van der Waals surface area contributed by atoms with Crippen molar-refractivity contribution >= 4 is 11.4 Å². The van der Waals surface area contributed by atoms with E-state index in [1.165, 1.54) is 12.1 Å². The van der Waals surface area contributed by atoms with Gasteiger partial charge in [-0.05, 0) is 37.1 Å². The molecule has 0 saturated carbocycles. The van der Waals surface area contributed by atoms with Gasteiger partial charge < -0.3 is 5.32 Å². The highest BCUT2D eigenvalue weighted by atomic mass is 19.1. The van der Waals surface area contributed by atoms with Crippen LogP contribution in [0.1, 0.15) is 16.7 Å². The van der Waals surface area contributed by atoms with Crippen LogP contribution in [0.4, 0.5) is 15.8 Å². The van der Waals surface area contributed by atoms with Crippen LogP contribution in [0.15, 0.2) is 36.4 Å². The Morgan fingerprint density at radius 3 is 2.50 bits per heavy atom. The molecule has 0 spiro atoms. The minimum absolute atomic E-state index is 0.0967. The van der Waals surface area contributed by atoms with E-state index in [9.17, 15) is 14.5 Å². The molecule has 0 radical (unpaired) electrons. The fourth-order valence-electron chi connectivity index (χ4n) is 1.87. The molecule has 0 aliphatic rings. The molecule has 0 aromatic heterocycles. The van der Waals surface area contributed by atoms with Crippen molar-refractivity contribution in [3.8, 4) is 0 Å². The summed E-state index contributed by atoms with van der Waals surface area (Å²) in [6, 6.07) is 9.95. The van der Waals surface area contributed by atoms with Gasteiger partial charge in [0.15, 0.2) is 0 Å². The predicted octanol–water partition coefficient (Wildman–Crippen LogP) is 3.96. The molecule has 0 heterocycles. The van der Waals surface area contributed by atoms with E-state index in [1.54, 1.807) is 32.0 Å². The molecule has 0 unspecified atom stereocenters. The fraction of sp³-hybridized carbons (Fsp3) is 0.200. The molecule has 0 bridgehead atoms. The molecule has 0 atom stereocenters. The number of aryl methyl sites for hydroxylation is 2. The van der Waals surface area contributed by atoms with Crippen LogP contribution in [-0.2, 0) is 6.54 Å². The topological polar surface area (TPSA) is 55.2 Å². The molecule has 0 saturated heterocycles. The number of anilines is 1. The summed E-state index contributed by atoms with van der Waals surface area (Å²) in [5.74, 6) is -0.273. The molecular weight excluding hydrogens is 259 g/mol. The van der Waals surface area contributed by atoms with E-state index in [0.29, 0.717) is 23.4 Å². The summed E-state index contributed by atoms with van der Waals surface area (Å²) in [4.78, 5) is 10.5. The normalized spacial score (nSPS) is 10.3. The van der Waals surface area contributed by atoms with E-state index in [2.05, 4.69) is 5.32 Å². The van der Waals surface area contributed by atoms with Crippen molar-refractivity contribution in [2.24, 2.45) is 0 Å². The van der Waals surface area contributed by atoms with Gasteiger partial charge in [0.25, 0.3) is 5.69 Å². The minimum atomic E-state index is -0.398. The van der Waals surface area contributed by atoms with Gasteiger partial charge in [0.1, 0.15) is 5.82 Å². The summed E-state index contributed by atoms with van der Waals surface area (Å²) in [6.07, 6.45) is 0. The van der Waals surface area contributed by atoms with E-state index in [4.69, 9.17) is 0 Å². The highest BCUT2D eigenvalue weighted by Gasteiger charge is 2.10. The zero-order valence-corrected chi connectivity index (χ0v) is 11.3. The summed E-state index contributed by atoms with van der Waals surface area (Å²) in [5, 5.41) is 13.9. The number of nitro groups is 1. The lowest BCUT2D eigenvalue weighted by Gasteiger charge is -2.08. The van der Waals surface area contributed by atoms with Crippen LogP contribution in [0.25, 0.3) is 0 Å². The summed E-state index contributed by atoms with van der Waals surface area (Å²) in [7, 11) is 0. The average Bonchev–Trinajstić information content (AvgIpc) is 2.41. The van der Waals surface area contributed by atoms with Gasteiger partial charge in [-0.2, -0.15) is 0 Å². The largest absolute Gasteiger partial charge is 0.381 e. The number of nitrogens with one attached hydrogen (secondary N) is 1. The molecule has 2 aromatic carbocycles. The van der Waals surface area contributed by atoms with Crippen molar-refractivity contribution in [3.05, 3.63) is 69.0 Å². The SMILES string of the molecule is Cc1ccc(NCc2ccc(C)c([N+](=O)[O-])c2)cc1F. The Balaban J connectivity index is 2.12. The van der Waals surface area contributed by atoms with E-state index in [0.717, 1.165) is 5.56 Å². The molecule has 0 fully saturated rings. The third-order valence-corrected chi connectivity index (χ3v) is 3.14. The first-order valence-electron chi connectivity index (χ1n) is 6.21. The third-order valence-electron chi connectivity index (χ3n) is 3.14. The van der Waals surface area contributed by atoms with E-state index in [-0.39, 0.29) is 11.5 Å². The van der Waals surface area contributed by atoms with Gasteiger partial charge in [0, 0.05) is 23.9 Å². The molecule has 2 aromatic rings. The van der Waals surface area contributed by atoms with Crippen LogP contribution >= 0.6 is 0 Å². The maximum absolute atomic E-state index is 13.4. The highest BCUT2D eigenvalue weighted by Crippen LogP contribution is 2.20. The minimum Gasteiger partial charge on any atom is -0.381 e. The first-order valence-corrected chi connectivity index (χ1v) is 6.21. The molecule has 4 nitrogen and oxygen atoms in total. The number of hydrogen-bond donors (Lipinski definition) is 1. The van der Waals surface area contributed by atoms with Gasteiger partial charge in [-0.3, -0.25) is 10.1 Å².